The van der Waals surface area contributed by atoms with Crippen LogP contribution in [0.15, 0.2) is 79.5 Å². The monoisotopic (exact) mass is 373 g/mol. The average Bonchev–Trinajstić information content (AvgIpc) is 3.37. The van der Waals surface area contributed by atoms with Gasteiger partial charge in [0.25, 0.3) is 0 Å². The minimum Gasteiger partial charge on any atom is -0.283 e. The summed E-state index contributed by atoms with van der Waals surface area (Å²) in [4.78, 5) is 8.95. The van der Waals surface area contributed by atoms with Crippen LogP contribution in [-0.4, -0.2) is 24.3 Å². The van der Waals surface area contributed by atoms with E-state index in [1.54, 1.807) is 29.5 Å². The van der Waals surface area contributed by atoms with Gasteiger partial charge < -0.3 is 0 Å². The first-order chi connectivity index (χ1) is 13.7. The third-order valence-electron chi connectivity index (χ3n) is 4.51. The Morgan fingerprint density at radius 3 is 2.61 bits per heavy atom. The number of fused-ring (bicyclic) bond motifs is 1. The average molecular weight is 373 g/mol. The van der Waals surface area contributed by atoms with Crippen LogP contribution < -0.4 is 0 Å². The van der Waals surface area contributed by atoms with E-state index in [1.165, 1.54) is 12.1 Å². The summed E-state index contributed by atoms with van der Waals surface area (Å²) in [6, 6.07) is 14.6. The summed E-state index contributed by atoms with van der Waals surface area (Å²) in [5.41, 5.74) is 3.96. The second kappa shape index (κ2) is 6.38. The molecule has 136 valence electrons. The number of aromatic nitrogens is 5. The second-order valence-electron chi connectivity index (χ2n) is 6.28. The van der Waals surface area contributed by atoms with E-state index >= 15 is 0 Å². The molecule has 2 aromatic carbocycles. The quantitative estimate of drug-likeness (QED) is 0.466. The van der Waals surface area contributed by atoms with Crippen molar-refractivity contribution in [3.8, 4) is 22.5 Å². The molecule has 0 aliphatic rings. The highest BCUT2D eigenvalue weighted by molar-refractivity contribution is 5.76. The number of halogens is 2. The van der Waals surface area contributed by atoms with Crippen molar-refractivity contribution in [1.82, 2.24) is 24.3 Å². The third-order valence-corrected chi connectivity index (χ3v) is 4.51. The van der Waals surface area contributed by atoms with E-state index < -0.39 is 11.6 Å². The highest BCUT2D eigenvalue weighted by Crippen LogP contribution is 2.27. The smallest absolute Gasteiger partial charge is 0.164 e. The predicted molar refractivity (Wildman–Crippen MR) is 101 cm³/mol. The zero-order valence-electron chi connectivity index (χ0n) is 14.5. The van der Waals surface area contributed by atoms with Crippen LogP contribution in [0.5, 0.6) is 0 Å². The Morgan fingerprint density at radius 1 is 0.857 bits per heavy atom. The maximum absolute atomic E-state index is 14.2. The fourth-order valence-corrected chi connectivity index (χ4v) is 3.17. The molecule has 0 aliphatic heterocycles. The summed E-state index contributed by atoms with van der Waals surface area (Å²) in [6.45, 7) is 0. The number of rotatable bonds is 3. The lowest BCUT2D eigenvalue weighted by Gasteiger charge is -2.08. The summed E-state index contributed by atoms with van der Waals surface area (Å²) in [5.74, 6) is -1.20. The van der Waals surface area contributed by atoms with Crippen LogP contribution in [0.25, 0.3) is 33.7 Å². The molecule has 0 atom stereocenters. The third kappa shape index (κ3) is 2.73. The SMILES string of the molecule is Fc1ccc(-c2cccc(-n3cnc4cc(-n5cccn5)cnc43)c2)c(F)c1. The van der Waals surface area contributed by atoms with Gasteiger partial charge in [-0.05, 0) is 42.0 Å². The van der Waals surface area contributed by atoms with E-state index in [1.807, 2.05) is 41.1 Å². The molecule has 0 saturated carbocycles. The Hall–Kier alpha value is -3.87. The van der Waals surface area contributed by atoms with E-state index in [-0.39, 0.29) is 0 Å². The first kappa shape index (κ1) is 16.3. The molecule has 28 heavy (non-hydrogen) atoms. The Balaban J connectivity index is 1.59. The lowest BCUT2D eigenvalue weighted by molar-refractivity contribution is 0.585. The van der Waals surface area contributed by atoms with E-state index in [9.17, 15) is 8.78 Å². The van der Waals surface area contributed by atoms with Crippen molar-refractivity contribution in [2.24, 2.45) is 0 Å². The van der Waals surface area contributed by atoms with Gasteiger partial charge in [-0.3, -0.25) is 4.57 Å². The Morgan fingerprint density at radius 2 is 1.79 bits per heavy atom. The zero-order valence-corrected chi connectivity index (χ0v) is 14.5. The fourth-order valence-electron chi connectivity index (χ4n) is 3.17. The van der Waals surface area contributed by atoms with Gasteiger partial charge in [0.1, 0.15) is 23.5 Å². The number of benzene rings is 2. The van der Waals surface area contributed by atoms with E-state index in [0.29, 0.717) is 22.3 Å². The number of nitrogens with zero attached hydrogens (tertiary/aromatic N) is 5. The fraction of sp³-hybridized carbons (Fsp3) is 0. The molecule has 0 unspecified atom stereocenters. The Labute approximate surface area is 158 Å². The Kier molecular flexibility index (Phi) is 3.72. The van der Waals surface area contributed by atoms with E-state index in [4.69, 9.17) is 0 Å². The van der Waals surface area contributed by atoms with Gasteiger partial charge in [0.05, 0.1) is 11.9 Å². The van der Waals surface area contributed by atoms with Gasteiger partial charge in [-0.25, -0.2) is 23.4 Å². The van der Waals surface area contributed by atoms with Crippen LogP contribution in [0.4, 0.5) is 8.78 Å². The van der Waals surface area contributed by atoms with Gasteiger partial charge in [-0.1, -0.05) is 12.1 Å². The summed E-state index contributed by atoms with van der Waals surface area (Å²) in [7, 11) is 0. The molecule has 0 saturated heterocycles. The van der Waals surface area contributed by atoms with Gasteiger partial charge in [-0.15, -0.1) is 0 Å². The summed E-state index contributed by atoms with van der Waals surface area (Å²) in [5, 5.41) is 4.20. The van der Waals surface area contributed by atoms with Crippen LogP contribution >= 0.6 is 0 Å². The normalized spacial score (nSPS) is 11.2. The first-order valence-corrected chi connectivity index (χ1v) is 8.58. The highest BCUT2D eigenvalue weighted by atomic mass is 19.1. The minimum atomic E-state index is -0.602. The molecule has 0 N–H and O–H groups in total. The predicted octanol–water partition coefficient (Wildman–Crippen LogP) is 4.55. The topological polar surface area (TPSA) is 48.5 Å². The van der Waals surface area contributed by atoms with Crippen LogP contribution in [0.1, 0.15) is 0 Å². The van der Waals surface area contributed by atoms with Crippen molar-refractivity contribution in [2.75, 3.05) is 0 Å². The van der Waals surface area contributed by atoms with Gasteiger partial charge >= 0.3 is 0 Å². The summed E-state index contributed by atoms with van der Waals surface area (Å²) >= 11 is 0. The first-order valence-electron chi connectivity index (χ1n) is 8.58. The van der Waals surface area contributed by atoms with Crippen molar-refractivity contribution in [3.05, 3.63) is 91.1 Å². The molecule has 0 fully saturated rings. The van der Waals surface area contributed by atoms with Crippen molar-refractivity contribution < 1.29 is 8.78 Å². The molecule has 7 heteroatoms. The minimum absolute atomic E-state index is 0.335. The number of hydrogen-bond donors (Lipinski definition) is 0. The molecule has 0 aliphatic carbocycles. The number of pyridine rings is 1. The van der Waals surface area contributed by atoms with Crippen LogP contribution in [0.3, 0.4) is 0 Å². The maximum Gasteiger partial charge on any atom is 0.164 e. The van der Waals surface area contributed by atoms with Gasteiger partial charge in [0.2, 0.25) is 0 Å². The van der Waals surface area contributed by atoms with Crippen LogP contribution in [-0.2, 0) is 0 Å². The highest BCUT2D eigenvalue weighted by Gasteiger charge is 2.11. The molecule has 3 heterocycles. The van der Waals surface area contributed by atoms with E-state index in [2.05, 4.69) is 15.1 Å². The molecule has 0 amide bonds. The molecule has 0 radical (unpaired) electrons. The molecule has 0 bridgehead atoms. The van der Waals surface area contributed by atoms with Crippen molar-refractivity contribution >= 4 is 11.2 Å². The molecular formula is C21H13F2N5. The number of hydrogen-bond acceptors (Lipinski definition) is 3. The molecule has 3 aromatic heterocycles. The molecule has 5 nitrogen and oxygen atoms in total. The van der Waals surface area contributed by atoms with Crippen molar-refractivity contribution in [3.63, 3.8) is 0 Å². The summed E-state index contributed by atoms with van der Waals surface area (Å²) < 4.78 is 30.9. The zero-order chi connectivity index (χ0) is 19.1. The molecule has 5 rings (SSSR count). The standard InChI is InChI=1S/C21H13F2N5/c22-15-5-6-18(19(23)10-15)14-3-1-4-16(9-14)27-13-25-20-11-17(12-24-21(20)27)28-8-2-7-26-28/h1-13H. The summed E-state index contributed by atoms with van der Waals surface area (Å²) in [6.07, 6.45) is 6.92. The maximum atomic E-state index is 14.2. The van der Waals surface area contributed by atoms with Crippen LogP contribution in [0, 0.1) is 11.6 Å². The van der Waals surface area contributed by atoms with Crippen LogP contribution in [0.2, 0.25) is 0 Å². The van der Waals surface area contributed by atoms with Crippen molar-refractivity contribution in [2.45, 2.75) is 0 Å². The van der Waals surface area contributed by atoms with Gasteiger partial charge in [0, 0.05) is 29.7 Å². The largest absolute Gasteiger partial charge is 0.283 e. The van der Waals surface area contributed by atoms with E-state index in [0.717, 1.165) is 17.4 Å². The molecular weight excluding hydrogens is 360 g/mol. The molecule has 5 aromatic rings. The van der Waals surface area contributed by atoms with Gasteiger partial charge in [-0.2, -0.15) is 5.10 Å². The lowest BCUT2D eigenvalue weighted by Crippen LogP contribution is -1.98. The van der Waals surface area contributed by atoms with Gasteiger partial charge in [0.15, 0.2) is 5.65 Å². The molecule has 0 spiro atoms. The number of imidazole rings is 1. The Bertz CT molecular complexity index is 1290. The van der Waals surface area contributed by atoms with Crippen molar-refractivity contribution in [1.29, 1.82) is 0 Å². The second-order valence-corrected chi connectivity index (χ2v) is 6.28. The lowest BCUT2D eigenvalue weighted by atomic mass is 10.0.